The number of benzene rings is 1. The number of carbonyl (C=O) groups is 1. The minimum absolute atomic E-state index is 0.0200. The van der Waals surface area contributed by atoms with E-state index in [1.807, 2.05) is 11.8 Å². The number of carbonyl (C=O) groups excluding carboxylic acids is 1. The Bertz CT molecular complexity index is 1400. The molecule has 3 aromatic rings. The molecule has 9 nitrogen and oxygen atoms in total. The Balaban J connectivity index is 1.56. The SMILES string of the molecule is Cc1ncc(C(=O)Nc2cc(CN3CCCC3)c(Cl)c(C(F)(F)F)c2)cc1N(N)CC(=N)c1cnn(C)c1C. The van der Waals surface area contributed by atoms with Crippen LogP contribution in [-0.4, -0.2) is 50.9 Å². The fourth-order valence-corrected chi connectivity index (χ4v) is 4.81. The molecule has 4 rings (SSSR count). The van der Waals surface area contributed by atoms with Crippen LogP contribution in [0, 0.1) is 19.3 Å². The summed E-state index contributed by atoms with van der Waals surface area (Å²) in [6.45, 7) is 5.37. The van der Waals surface area contributed by atoms with E-state index in [1.54, 1.807) is 24.9 Å². The van der Waals surface area contributed by atoms with E-state index in [0.29, 0.717) is 22.5 Å². The molecule has 1 amide bonds. The minimum atomic E-state index is -4.69. The van der Waals surface area contributed by atoms with E-state index in [1.165, 1.54) is 23.3 Å². The highest BCUT2D eigenvalue weighted by Gasteiger charge is 2.35. The minimum Gasteiger partial charge on any atom is -0.322 e. The third-order valence-electron chi connectivity index (χ3n) is 6.82. The number of hydrogen-bond donors (Lipinski definition) is 3. The molecule has 1 saturated heterocycles. The molecule has 2 aromatic heterocycles. The van der Waals surface area contributed by atoms with Crippen LogP contribution in [0.3, 0.4) is 0 Å². The summed E-state index contributed by atoms with van der Waals surface area (Å²) in [5, 5.41) is 16.1. The van der Waals surface area contributed by atoms with Crippen LogP contribution in [0.2, 0.25) is 5.02 Å². The van der Waals surface area contributed by atoms with Gasteiger partial charge in [0.25, 0.3) is 5.91 Å². The van der Waals surface area contributed by atoms with Crippen LogP contribution in [0.25, 0.3) is 0 Å². The van der Waals surface area contributed by atoms with Gasteiger partial charge in [-0.15, -0.1) is 0 Å². The molecule has 1 aromatic carbocycles. The number of pyridine rings is 1. The van der Waals surface area contributed by atoms with E-state index in [9.17, 15) is 18.0 Å². The third kappa shape index (κ3) is 6.40. The normalized spacial score (nSPS) is 14.1. The van der Waals surface area contributed by atoms with Gasteiger partial charge < -0.3 is 15.7 Å². The van der Waals surface area contributed by atoms with Crippen molar-refractivity contribution in [3.05, 3.63) is 69.3 Å². The Morgan fingerprint density at radius 3 is 2.51 bits per heavy atom. The topological polar surface area (TPSA) is 116 Å². The Morgan fingerprint density at radius 2 is 1.90 bits per heavy atom. The first-order valence-electron chi connectivity index (χ1n) is 12.3. The molecular formula is C26H30ClF3N8O. The predicted octanol–water partition coefficient (Wildman–Crippen LogP) is 4.70. The number of aryl methyl sites for hydroxylation is 2. The smallest absolute Gasteiger partial charge is 0.322 e. The zero-order valence-electron chi connectivity index (χ0n) is 21.9. The number of anilines is 2. The quantitative estimate of drug-likeness (QED) is 0.208. The summed E-state index contributed by atoms with van der Waals surface area (Å²) in [5.74, 6) is 5.59. The van der Waals surface area contributed by atoms with Crippen LogP contribution in [0.5, 0.6) is 0 Å². The molecule has 1 aliphatic heterocycles. The first kappa shape index (κ1) is 28.5. The van der Waals surface area contributed by atoms with Crippen LogP contribution in [-0.2, 0) is 19.8 Å². The van der Waals surface area contributed by atoms with Gasteiger partial charge in [-0.3, -0.25) is 19.4 Å². The van der Waals surface area contributed by atoms with E-state index < -0.39 is 17.6 Å². The van der Waals surface area contributed by atoms with E-state index in [4.69, 9.17) is 22.9 Å². The molecule has 3 heterocycles. The van der Waals surface area contributed by atoms with Gasteiger partial charge in [0.1, 0.15) is 0 Å². The molecule has 1 aliphatic rings. The second-order valence-corrected chi connectivity index (χ2v) is 10.0. The second kappa shape index (κ2) is 11.3. The molecule has 0 spiro atoms. The lowest BCUT2D eigenvalue weighted by Gasteiger charge is -2.22. The van der Waals surface area contributed by atoms with E-state index >= 15 is 0 Å². The number of nitrogens with one attached hydrogen (secondary N) is 2. The van der Waals surface area contributed by atoms with Crippen molar-refractivity contribution in [2.45, 2.75) is 39.4 Å². The molecule has 0 bridgehead atoms. The van der Waals surface area contributed by atoms with Crippen molar-refractivity contribution in [2.75, 3.05) is 30.0 Å². The Labute approximate surface area is 229 Å². The first-order chi connectivity index (χ1) is 18.3. The average molecular weight is 563 g/mol. The number of halogens is 4. The highest BCUT2D eigenvalue weighted by Crippen LogP contribution is 2.39. The van der Waals surface area contributed by atoms with Gasteiger partial charge >= 0.3 is 6.18 Å². The van der Waals surface area contributed by atoms with Gasteiger partial charge in [-0.2, -0.15) is 18.3 Å². The highest BCUT2D eigenvalue weighted by atomic mass is 35.5. The molecule has 0 radical (unpaired) electrons. The zero-order chi connectivity index (χ0) is 28.5. The number of nitrogens with two attached hydrogens (primary N) is 1. The van der Waals surface area contributed by atoms with Gasteiger partial charge in [0.2, 0.25) is 0 Å². The predicted molar refractivity (Wildman–Crippen MR) is 144 cm³/mol. The summed E-state index contributed by atoms with van der Waals surface area (Å²) >= 11 is 6.16. The average Bonchev–Trinajstić information content (AvgIpc) is 3.50. The van der Waals surface area contributed by atoms with E-state index in [-0.39, 0.29) is 35.1 Å². The largest absolute Gasteiger partial charge is 0.417 e. The van der Waals surface area contributed by atoms with E-state index in [2.05, 4.69) is 15.4 Å². The molecule has 39 heavy (non-hydrogen) atoms. The summed E-state index contributed by atoms with van der Waals surface area (Å²) < 4.78 is 42.9. The molecule has 0 aliphatic carbocycles. The van der Waals surface area contributed by atoms with Crippen LogP contribution in [0.1, 0.15) is 51.3 Å². The number of amides is 1. The van der Waals surface area contributed by atoms with Crippen molar-refractivity contribution >= 4 is 34.6 Å². The number of aromatic nitrogens is 3. The van der Waals surface area contributed by atoms with Gasteiger partial charge in [0.15, 0.2) is 0 Å². The van der Waals surface area contributed by atoms with Crippen molar-refractivity contribution in [1.82, 2.24) is 19.7 Å². The molecule has 0 saturated carbocycles. The van der Waals surface area contributed by atoms with Crippen LogP contribution < -0.4 is 16.2 Å². The molecule has 13 heteroatoms. The lowest BCUT2D eigenvalue weighted by Crippen LogP contribution is -2.37. The molecular weight excluding hydrogens is 533 g/mol. The zero-order valence-corrected chi connectivity index (χ0v) is 22.6. The maximum Gasteiger partial charge on any atom is 0.417 e. The summed E-state index contributed by atoms with van der Waals surface area (Å²) in [4.78, 5) is 19.4. The van der Waals surface area contributed by atoms with Gasteiger partial charge in [0.05, 0.1) is 46.0 Å². The fourth-order valence-electron chi connectivity index (χ4n) is 4.54. The van der Waals surface area contributed by atoms with E-state index in [0.717, 1.165) is 37.7 Å². The monoisotopic (exact) mass is 562 g/mol. The molecule has 0 atom stereocenters. The number of likely N-dealkylation sites (tertiary alicyclic amines) is 1. The lowest BCUT2D eigenvalue weighted by atomic mass is 10.1. The molecule has 1 fully saturated rings. The molecule has 4 N–H and O–H groups in total. The molecule has 208 valence electrons. The number of hydrogen-bond acceptors (Lipinski definition) is 7. The van der Waals surface area contributed by atoms with Crippen LogP contribution in [0.15, 0.2) is 30.6 Å². The van der Waals surface area contributed by atoms with Gasteiger partial charge in [-0.05, 0) is 63.5 Å². The first-order valence-corrected chi connectivity index (χ1v) is 12.7. The van der Waals surface area contributed by atoms with Gasteiger partial charge in [-0.1, -0.05) is 11.6 Å². The molecule has 0 unspecified atom stereocenters. The highest BCUT2D eigenvalue weighted by molar-refractivity contribution is 6.32. The number of rotatable bonds is 8. The van der Waals surface area contributed by atoms with Crippen molar-refractivity contribution in [3.8, 4) is 0 Å². The van der Waals surface area contributed by atoms with Crippen LogP contribution >= 0.6 is 11.6 Å². The fraction of sp³-hybridized carbons (Fsp3) is 0.385. The maximum atomic E-state index is 13.8. The van der Waals surface area contributed by atoms with Gasteiger partial charge in [0, 0.05) is 36.7 Å². The summed E-state index contributed by atoms with van der Waals surface area (Å²) in [6.07, 6.45) is 0.169. The van der Waals surface area contributed by atoms with Crippen molar-refractivity contribution in [3.63, 3.8) is 0 Å². The third-order valence-corrected chi connectivity index (χ3v) is 7.27. The Hall–Kier alpha value is -3.48. The van der Waals surface area contributed by atoms with Crippen molar-refractivity contribution in [2.24, 2.45) is 12.9 Å². The standard InChI is InChI=1S/C26H30ClF3N8O/c1-15-23(38(32)14-22(31)20-12-34-36(3)16(20)2)9-17(11-33-15)25(39)35-19-8-18(13-37-6-4-5-7-37)24(27)21(10-19)26(28,29)30/h8-12,31H,4-7,13-14,32H2,1-3H3,(H,35,39). The van der Waals surface area contributed by atoms with Crippen molar-refractivity contribution < 1.29 is 18.0 Å². The maximum absolute atomic E-state index is 13.8. The number of hydrazine groups is 1. The summed E-state index contributed by atoms with van der Waals surface area (Å²) in [5.41, 5.74) is 1.95. The Morgan fingerprint density at radius 1 is 1.21 bits per heavy atom. The second-order valence-electron chi connectivity index (χ2n) is 9.63. The lowest BCUT2D eigenvalue weighted by molar-refractivity contribution is -0.137. The Kier molecular flexibility index (Phi) is 8.28. The van der Waals surface area contributed by atoms with Crippen molar-refractivity contribution in [1.29, 1.82) is 5.41 Å². The summed E-state index contributed by atoms with van der Waals surface area (Å²) in [6, 6.07) is 3.80. The number of alkyl halides is 3. The van der Waals surface area contributed by atoms with Crippen LogP contribution in [0.4, 0.5) is 24.5 Å². The van der Waals surface area contributed by atoms with Gasteiger partial charge in [-0.25, -0.2) is 5.84 Å². The summed E-state index contributed by atoms with van der Waals surface area (Å²) in [7, 11) is 1.77. The number of nitrogens with zero attached hydrogens (tertiary/aromatic N) is 5.